The molecule has 0 aliphatic carbocycles. The molecule has 0 amide bonds. The van der Waals surface area contributed by atoms with E-state index in [0.29, 0.717) is 5.92 Å². The van der Waals surface area contributed by atoms with Crippen LogP contribution in [0.2, 0.25) is 0 Å². The Kier molecular flexibility index (Phi) is 3.54. The van der Waals surface area contributed by atoms with Gasteiger partial charge in [0.25, 0.3) is 0 Å². The Balaban J connectivity index is 2.01. The summed E-state index contributed by atoms with van der Waals surface area (Å²) in [6.07, 6.45) is 1.86. The first-order chi connectivity index (χ1) is 8.02. The molecule has 1 fully saturated rings. The van der Waals surface area contributed by atoms with E-state index in [1.165, 1.54) is 0 Å². The van der Waals surface area contributed by atoms with E-state index in [0.717, 1.165) is 37.5 Å². The van der Waals surface area contributed by atoms with Crippen molar-refractivity contribution in [3.63, 3.8) is 0 Å². The van der Waals surface area contributed by atoms with Gasteiger partial charge in [-0.05, 0) is 20.0 Å². The molecule has 17 heavy (non-hydrogen) atoms. The number of aromatic nitrogens is 1. The number of ether oxygens (including phenoxy) is 1. The predicted molar refractivity (Wildman–Crippen MR) is 66.0 cm³/mol. The summed E-state index contributed by atoms with van der Waals surface area (Å²) in [5.74, 6) is 1.59. The second kappa shape index (κ2) is 4.78. The highest BCUT2D eigenvalue weighted by molar-refractivity contribution is 5.12. The minimum atomic E-state index is 0.117. The summed E-state index contributed by atoms with van der Waals surface area (Å²) in [6, 6.07) is 2.09. The van der Waals surface area contributed by atoms with Crippen molar-refractivity contribution >= 4 is 0 Å². The summed E-state index contributed by atoms with van der Waals surface area (Å²) < 4.78 is 10.7. The van der Waals surface area contributed by atoms with E-state index in [1.54, 1.807) is 0 Å². The highest BCUT2D eigenvalue weighted by Gasteiger charge is 2.41. The number of nitrogens with zero attached hydrogens (tertiary/aromatic N) is 2. The molecule has 4 nitrogen and oxygen atoms in total. The van der Waals surface area contributed by atoms with Crippen molar-refractivity contribution in [1.29, 1.82) is 0 Å². The topological polar surface area (TPSA) is 38.5 Å². The van der Waals surface area contributed by atoms with Crippen LogP contribution in [0.15, 0.2) is 10.6 Å². The van der Waals surface area contributed by atoms with Crippen LogP contribution in [-0.4, -0.2) is 42.9 Å². The molecule has 0 bridgehead atoms. The van der Waals surface area contributed by atoms with Gasteiger partial charge in [0.1, 0.15) is 5.76 Å². The SMILES string of the molecule is CC(C)Cc1cc(CC2(N(C)C)COC2)no1. The van der Waals surface area contributed by atoms with Gasteiger partial charge in [0, 0.05) is 18.9 Å². The second-order valence-corrected chi connectivity index (χ2v) is 5.67. The maximum absolute atomic E-state index is 5.36. The van der Waals surface area contributed by atoms with Crippen molar-refractivity contribution in [2.75, 3.05) is 27.3 Å². The van der Waals surface area contributed by atoms with E-state index in [4.69, 9.17) is 9.26 Å². The molecule has 1 aromatic rings. The van der Waals surface area contributed by atoms with Crippen molar-refractivity contribution in [2.24, 2.45) is 5.92 Å². The van der Waals surface area contributed by atoms with Crippen LogP contribution in [0.5, 0.6) is 0 Å². The Bertz CT molecular complexity index is 367. The average molecular weight is 238 g/mol. The fraction of sp³-hybridized carbons (Fsp3) is 0.769. The summed E-state index contributed by atoms with van der Waals surface area (Å²) >= 11 is 0. The molecule has 2 heterocycles. The second-order valence-electron chi connectivity index (χ2n) is 5.67. The van der Waals surface area contributed by atoms with Crippen molar-refractivity contribution in [3.8, 4) is 0 Å². The predicted octanol–water partition coefficient (Wildman–Crippen LogP) is 1.75. The first-order valence-corrected chi connectivity index (χ1v) is 6.21. The van der Waals surface area contributed by atoms with Crippen LogP contribution in [0.4, 0.5) is 0 Å². The van der Waals surface area contributed by atoms with E-state index in [2.05, 4.69) is 44.1 Å². The summed E-state index contributed by atoms with van der Waals surface area (Å²) in [7, 11) is 4.19. The van der Waals surface area contributed by atoms with Crippen molar-refractivity contribution in [2.45, 2.75) is 32.2 Å². The molecule has 0 aromatic carbocycles. The van der Waals surface area contributed by atoms with Crippen molar-refractivity contribution < 1.29 is 9.26 Å². The Labute approximate surface area is 103 Å². The standard InChI is InChI=1S/C13H22N2O2/c1-10(2)5-12-6-11(14-17-12)7-13(15(3)4)8-16-9-13/h6,10H,5,7-9H2,1-4H3. The number of rotatable bonds is 5. The minimum Gasteiger partial charge on any atom is -0.377 e. The number of hydrogen-bond donors (Lipinski definition) is 0. The minimum absolute atomic E-state index is 0.117. The van der Waals surface area contributed by atoms with E-state index in [1.807, 2.05) is 0 Å². The lowest BCUT2D eigenvalue weighted by molar-refractivity contribution is -0.124. The molecular formula is C13H22N2O2. The monoisotopic (exact) mass is 238 g/mol. The maximum atomic E-state index is 5.36. The van der Waals surface area contributed by atoms with Crippen LogP contribution in [0.3, 0.4) is 0 Å². The summed E-state index contributed by atoms with van der Waals surface area (Å²) in [6.45, 7) is 5.94. The maximum Gasteiger partial charge on any atom is 0.137 e. The van der Waals surface area contributed by atoms with Crippen molar-refractivity contribution in [3.05, 3.63) is 17.5 Å². The van der Waals surface area contributed by atoms with Crippen LogP contribution in [0, 0.1) is 5.92 Å². The van der Waals surface area contributed by atoms with Crippen LogP contribution in [0.25, 0.3) is 0 Å². The number of likely N-dealkylation sites (N-methyl/N-ethyl adjacent to an activating group) is 1. The van der Waals surface area contributed by atoms with Gasteiger partial charge in [-0.3, -0.25) is 4.90 Å². The lowest BCUT2D eigenvalue weighted by Crippen LogP contribution is -2.61. The highest BCUT2D eigenvalue weighted by Crippen LogP contribution is 2.27. The first-order valence-electron chi connectivity index (χ1n) is 6.21. The van der Waals surface area contributed by atoms with E-state index in [9.17, 15) is 0 Å². The van der Waals surface area contributed by atoms with Crippen LogP contribution in [0.1, 0.15) is 25.3 Å². The molecule has 1 saturated heterocycles. The highest BCUT2D eigenvalue weighted by atomic mass is 16.5. The van der Waals surface area contributed by atoms with Gasteiger partial charge in [-0.25, -0.2) is 0 Å². The Morgan fingerprint density at radius 3 is 2.59 bits per heavy atom. The number of hydrogen-bond acceptors (Lipinski definition) is 4. The zero-order valence-electron chi connectivity index (χ0n) is 11.2. The van der Waals surface area contributed by atoms with Crippen LogP contribution >= 0.6 is 0 Å². The molecule has 0 spiro atoms. The molecule has 2 rings (SSSR count). The normalized spacial score (nSPS) is 18.7. The van der Waals surface area contributed by atoms with Gasteiger partial charge < -0.3 is 9.26 Å². The summed E-state index contributed by atoms with van der Waals surface area (Å²) in [4.78, 5) is 2.23. The van der Waals surface area contributed by atoms with Gasteiger partial charge in [0.05, 0.1) is 24.4 Å². The summed E-state index contributed by atoms with van der Waals surface area (Å²) in [5.41, 5.74) is 1.16. The zero-order chi connectivity index (χ0) is 12.5. The Morgan fingerprint density at radius 2 is 2.12 bits per heavy atom. The third kappa shape index (κ3) is 2.69. The lowest BCUT2D eigenvalue weighted by atomic mass is 9.90. The van der Waals surface area contributed by atoms with Crippen LogP contribution in [-0.2, 0) is 17.6 Å². The van der Waals surface area contributed by atoms with E-state index < -0.39 is 0 Å². The van der Waals surface area contributed by atoms with E-state index in [-0.39, 0.29) is 5.54 Å². The average Bonchev–Trinajstić information content (AvgIpc) is 2.57. The van der Waals surface area contributed by atoms with Gasteiger partial charge in [-0.2, -0.15) is 0 Å². The molecule has 0 N–H and O–H groups in total. The molecule has 1 aromatic heterocycles. The molecule has 1 aliphatic heterocycles. The smallest absolute Gasteiger partial charge is 0.137 e. The zero-order valence-corrected chi connectivity index (χ0v) is 11.2. The largest absolute Gasteiger partial charge is 0.377 e. The molecule has 0 radical (unpaired) electrons. The fourth-order valence-corrected chi connectivity index (χ4v) is 2.13. The first kappa shape index (κ1) is 12.6. The quantitative estimate of drug-likeness (QED) is 0.783. The lowest BCUT2D eigenvalue weighted by Gasteiger charge is -2.46. The molecule has 0 atom stereocenters. The van der Waals surface area contributed by atoms with Gasteiger partial charge in [-0.15, -0.1) is 0 Å². The molecule has 0 unspecified atom stereocenters. The molecule has 1 aliphatic rings. The summed E-state index contributed by atoms with van der Waals surface area (Å²) in [5, 5.41) is 4.16. The van der Waals surface area contributed by atoms with Gasteiger partial charge in [0.2, 0.25) is 0 Å². The van der Waals surface area contributed by atoms with Crippen molar-refractivity contribution in [1.82, 2.24) is 10.1 Å². The third-order valence-electron chi connectivity index (χ3n) is 3.42. The Hall–Kier alpha value is -0.870. The fourth-order valence-electron chi connectivity index (χ4n) is 2.13. The molecule has 0 saturated carbocycles. The van der Waals surface area contributed by atoms with Gasteiger partial charge in [-0.1, -0.05) is 19.0 Å². The Morgan fingerprint density at radius 1 is 1.41 bits per heavy atom. The molecular weight excluding hydrogens is 216 g/mol. The van der Waals surface area contributed by atoms with Gasteiger partial charge in [0.15, 0.2) is 0 Å². The molecule has 96 valence electrons. The van der Waals surface area contributed by atoms with Crippen LogP contribution < -0.4 is 0 Å². The van der Waals surface area contributed by atoms with Gasteiger partial charge >= 0.3 is 0 Å². The third-order valence-corrected chi connectivity index (χ3v) is 3.42. The van der Waals surface area contributed by atoms with E-state index >= 15 is 0 Å². The molecule has 4 heteroatoms.